The summed E-state index contributed by atoms with van der Waals surface area (Å²) < 4.78 is 1.36. The van der Waals surface area contributed by atoms with E-state index in [0.29, 0.717) is 4.57 Å². The summed E-state index contributed by atoms with van der Waals surface area (Å²) in [5.74, 6) is -2.76. The second-order valence-electron chi connectivity index (χ2n) is 4.26. The predicted octanol–water partition coefficient (Wildman–Crippen LogP) is 0.534. The van der Waals surface area contributed by atoms with Gasteiger partial charge in [-0.3, -0.25) is 28.8 Å². The number of hydrogen-bond donors (Lipinski definition) is 2. The lowest BCUT2D eigenvalue weighted by Crippen LogP contribution is -2.29. The molecule has 0 saturated carbocycles. The fourth-order valence-corrected chi connectivity index (χ4v) is 2.34. The minimum atomic E-state index is -1.41. The van der Waals surface area contributed by atoms with Crippen LogP contribution in [0, 0.1) is 10.1 Å². The summed E-state index contributed by atoms with van der Waals surface area (Å²) in [4.78, 5) is 44.2. The summed E-state index contributed by atoms with van der Waals surface area (Å²) in [6.45, 7) is -1.62. The second kappa shape index (κ2) is 5.48. The molecule has 11 heteroatoms. The number of rotatable bonds is 5. The van der Waals surface area contributed by atoms with Gasteiger partial charge in [0.25, 0.3) is 0 Å². The van der Waals surface area contributed by atoms with Crippen LogP contribution >= 0.6 is 11.6 Å². The van der Waals surface area contributed by atoms with Gasteiger partial charge in [0.1, 0.15) is 18.1 Å². The van der Waals surface area contributed by atoms with E-state index in [4.69, 9.17) is 21.8 Å². The smallest absolute Gasteiger partial charge is 0.330 e. The number of carbonyl (C=O) groups is 2. The minimum absolute atomic E-state index is 0.0789. The highest BCUT2D eigenvalue weighted by molar-refractivity contribution is 6.34. The summed E-state index contributed by atoms with van der Waals surface area (Å²) in [6.07, 6.45) is 0. The number of halogens is 1. The third-order valence-electron chi connectivity index (χ3n) is 2.87. The summed E-state index contributed by atoms with van der Waals surface area (Å²) in [6, 6.07) is 2.37. The third-order valence-corrected chi connectivity index (χ3v) is 3.18. The van der Waals surface area contributed by atoms with Crippen molar-refractivity contribution in [3.63, 3.8) is 0 Å². The maximum Gasteiger partial charge on any atom is 0.330 e. The Kier molecular flexibility index (Phi) is 3.87. The quantitative estimate of drug-likeness (QED) is 0.601. The molecule has 2 N–H and O–H groups in total. The van der Waals surface area contributed by atoms with Gasteiger partial charge in [0.2, 0.25) is 0 Å². The normalized spacial score (nSPS) is 10.8. The first kappa shape index (κ1) is 15.5. The molecule has 0 aliphatic carbocycles. The van der Waals surface area contributed by atoms with Crippen LogP contribution in [0.1, 0.15) is 0 Å². The van der Waals surface area contributed by atoms with Crippen LogP contribution < -0.4 is 5.69 Å². The number of benzene rings is 1. The fourth-order valence-electron chi connectivity index (χ4n) is 2.12. The van der Waals surface area contributed by atoms with Crippen LogP contribution in [0.25, 0.3) is 11.0 Å². The van der Waals surface area contributed by atoms with Gasteiger partial charge in [-0.05, 0) is 12.1 Å². The molecule has 2 aromatic rings. The lowest BCUT2D eigenvalue weighted by molar-refractivity contribution is -0.383. The van der Waals surface area contributed by atoms with Gasteiger partial charge in [0.15, 0.2) is 5.52 Å². The molecule has 2 rings (SSSR count). The van der Waals surface area contributed by atoms with Gasteiger partial charge in [-0.15, -0.1) is 0 Å². The molecule has 0 bridgehead atoms. The van der Waals surface area contributed by atoms with Crippen LogP contribution in [0.4, 0.5) is 5.69 Å². The molecule has 0 aliphatic heterocycles. The van der Waals surface area contributed by atoms with Crippen molar-refractivity contribution in [2.75, 3.05) is 0 Å². The molecule has 0 spiro atoms. The molecule has 22 heavy (non-hydrogen) atoms. The molecule has 10 nitrogen and oxygen atoms in total. The van der Waals surface area contributed by atoms with E-state index in [1.54, 1.807) is 0 Å². The topological polar surface area (TPSA) is 145 Å². The average molecular weight is 330 g/mol. The van der Waals surface area contributed by atoms with Gasteiger partial charge in [0.05, 0.1) is 10.4 Å². The molecule has 1 aromatic heterocycles. The Morgan fingerprint density at radius 3 is 2.23 bits per heavy atom. The van der Waals surface area contributed by atoms with Gasteiger partial charge < -0.3 is 10.2 Å². The largest absolute Gasteiger partial charge is 0.480 e. The van der Waals surface area contributed by atoms with Crippen molar-refractivity contribution in [2.24, 2.45) is 0 Å². The molecule has 0 atom stereocenters. The Morgan fingerprint density at radius 2 is 1.73 bits per heavy atom. The Labute approximate surface area is 125 Å². The van der Waals surface area contributed by atoms with E-state index in [1.807, 2.05) is 0 Å². The first-order valence-electron chi connectivity index (χ1n) is 5.73. The number of carboxylic acids is 2. The summed E-state index contributed by atoms with van der Waals surface area (Å²) in [7, 11) is 0. The number of nitro benzene ring substituents is 1. The van der Waals surface area contributed by atoms with Crippen molar-refractivity contribution in [1.29, 1.82) is 0 Å². The number of aliphatic carboxylic acids is 2. The van der Waals surface area contributed by atoms with Gasteiger partial charge >= 0.3 is 23.3 Å². The van der Waals surface area contributed by atoms with Crippen LogP contribution in [0.2, 0.25) is 5.02 Å². The van der Waals surface area contributed by atoms with Gasteiger partial charge in [-0.1, -0.05) is 11.6 Å². The zero-order chi connectivity index (χ0) is 16.6. The zero-order valence-electron chi connectivity index (χ0n) is 10.7. The van der Waals surface area contributed by atoms with E-state index in [9.17, 15) is 24.5 Å². The highest BCUT2D eigenvalue weighted by Crippen LogP contribution is 2.32. The number of imidazole rings is 1. The Morgan fingerprint density at radius 1 is 1.18 bits per heavy atom. The van der Waals surface area contributed by atoms with E-state index >= 15 is 0 Å². The molecule has 0 amide bonds. The SMILES string of the molecule is O=C(O)Cn1c(=O)n(CC(=O)O)c2c([N+](=O)[O-])c(Cl)ccc21. The van der Waals surface area contributed by atoms with E-state index in [2.05, 4.69) is 0 Å². The Balaban J connectivity index is 2.95. The van der Waals surface area contributed by atoms with Gasteiger partial charge in [-0.2, -0.15) is 0 Å². The molecule has 0 aliphatic rings. The van der Waals surface area contributed by atoms with E-state index in [1.165, 1.54) is 6.07 Å². The standard InChI is InChI=1S/C11H8ClN3O7/c12-5-1-2-6-10(9(5)15(21)22)14(4-8(18)19)11(20)13(6)3-7(16)17/h1-2H,3-4H2,(H,16,17)(H,18,19). The number of nitrogens with zero attached hydrogens (tertiary/aromatic N) is 3. The van der Waals surface area contributed by atoms with Crippen molar-refractivity contribution in [2.45, 2.75) is 13.1 Å². The second-order valence-corrected chi connectivity index (χ2v) is 4.67. The van der Waals surface area contributed by atoms with Crippen LogP contribution in [-0.2, 0) is 22.7 Å². The molecular weight excluding hydrogens is 322 g/mol. The number of nitro groups is 1. The maximum absolute atomic E-state index is 12.2. The fraction of sp³-hybridized carbons (Fsp3) is 0.182. The lowest BCUT2D eigenvalue weighted by Gasteiger charge is -2.01. The zero-order valence-corrected chi connectivity index (χ0v) is 11.5. The summed E-state index contributed by atoms with van der Waals surface area (Å²) >= 11 is 5.74. The van der Waals surface area contributed by atoms with Gasteiger partial charge in [-0.25, -0.2) is 4.79 Å². The number of carboxylic acid groups (broad SMARTS) is 2. The maximum atomic E-state index is 12.2. The highest BCUT2D eigenvalue weighted by atomic mass is 35.5. The number of aromatic nitrogens is 2. The predicted molar refractivity (Wildman–Crippen MR) is 73.1 cm³/mol. The monoisotopic (exact) mass is 329 g/mol. The minimum Gasteiger partial charge on any atom is -0.480 e. The van der Waals surface area contributed by atoms with Crippen LogP contribution in [0.5, 0.6) is 0 Å². The molecule has 116 valence electrons. The molecule has 0 radical (unpaired) electrons. The van der Waals surface area contributed by atoms with E-state index in [0.717, 1.165) is 10.6 Å². The van der Waals surface area contributed by atoms with Crippen molar-refractivity contribution < 1.29 is 24.7 Å². The average Bonchev–Trinajstić information content (AvgIpc) is 2.63. The molecule has 0 saturated heterocycles. The first-order valence-corrected chi connectivity index (χ1v) is 6.11. The van der Waals surface area contributed by atoms with E-state index in [-0.39, 0.29) is 16.1 Å². The van der Waals surface area contributed by atoms with E-state index < -0.39 is 41.3 Å². The van der Waals surface area contributed by atoms with Crippen molar-refractivity contribution in [1.82, 2.24) is 9.13 Å². The van der Waals surface area contributed by atoms with Crippen molar-refractivity contribution >= 4 is 40.3 Å². The summed E-state index contributed by atoms with van der Waals surface area (Å²) in [5.41, 5.74) is -2.04. The molecule has 1 aromatic carbocycles. The van der Waals surface area contributed by atoms with Crippen LogP contribution in [-0.4, -0.2) is 36.2 Å². The lowest BCUT2D eigenvalue weighted by atomic mass is 10.2. The van der Waals surface area contributed by atoms with Crippen molar-refractivity contribution in [3.05, 3.63) is 37.8 Å². The van der Waals surface area contributed by atoms with Crippen LogP contribution in [0.3, 0.4) is 0 Å². The first-order chi connectivity index (χ1) is 10.2. The van der Waals surface area contributed by atoms with Crippen LogP contribution in [0.15, 0.2) is 16.9 Å². The Hall–Kier alpha value is -2.88. The number of fused-ring (bicyclic) bond motifs is 1. The van der Waals surface area contributed by atoms with Crippen molar-refractivity contribution in [3.8, 4) is 0 Å². The highest BCUT2D eigenvalue weighted by Gasteiger charge is 2.27. The molecule has 0 unspecified atom stereocenters. The third kappa shape index (κ3) is 2.51. The molecular formula is C11H8ClN3O7. The summed E-state index contributed by atoms with van der Waals surface area (Å²) in [5, 5.41) is 28.5. The molecule has 1 heterocycles. The molecule has 0 fully saturated rings. The Bertz CT molecular complexity index is 867. The van der Waals surface area contributed by atoms with Gasteiger partial charge in [0, 0.05) is 0 Å². The number of hydrogen-bond acceptors (Lipinski definition) is 5.